The highest BCUT2D eigenvalue weighted by Crippen LogP contribution is 2.23. The summed E-state index contributed by atoms with van der Waals surface area (Å²) in [6, 6.07) is 0. The lowest BCUT2D eigenvalue weighted by molar-refractivity contribution is 0.0696. The Morgan fingerprint density at radius 2 is 1.71 bits per heavy atom. The van der Waals surface area contributed by atoms with Crippen LogP contribution in [0.4, 0.5) is 5.95 Å². The fourth-order valence-electron chi connectivity index (χ4n) is 0.774. The molecule has 0 amide bonds. The number of carboxylic acid groups (broad SMARTS) is 1. The smallest absolute Gasteiger partial charge is 0.342 e. The van der Waals surface area contributed by atoms with Crippen molar-refractivity contribution in [2.24, 2.45) is 0 Å². The first-order chi connectivity index (χ1) is 6.43. The molecule has 1 rings (SSSR count). The number of anilines is 1. The molecule has 0 aliphatic heterocycles. The van der Waals surface area contributed by atoms with E-state index in [9.17, 15) is 4.79 Å². The van der Waals surface area contributed by atoms with Crippen LogP contribution in [-0.4, -0.2) is 35.1 Å². The Morgan fingerprint density at radius 3 is 2.00 bits per heavy atom. The van der Waals surface area contributed by atoms with Gasteiger partial charge >= 0.3 is 5.97 Å². The lowest BCUT2D eigenvalue weighted by Crippen LogP contribution is -2.14. The van der Waals surface area contributed by atoms with Crippen LogP contribution in [0.15, 0.2) is 0 Å². The van der Waals surface area contributed by atoms with Gasteiger partial charge in [0.05, 0.1) is 0 Å². The summed E-state index contributed by atoms with van der Waals surface area (Å²) >= 11 is 11.3. The molecule has 7 heteroatoms. The van der Waals surface area contributed by atoms with Crippen LogP contribution in [-0.2, 0) is 0 Å². The van der Waals surface area contributed by atoms with Crippen LogP contribution in [0.25, 0.3) is 0 Å². The Kier molecular flexibility index (Phi) is 3.13. The molecule has 1 aromatic heterocycles. The molecular weight excluding hydrogens is 229 g/mol. The maximum absolute atomic E-state index is 10.7. The standard InChI is InChI=1S/C7H7Cl2N3O2/c1-12(2)7-10-4(8)3(6(13)14)5(9)11-7/h1-2H3,(H,13,14). The molecule has 0 radical (unpaired) electrons. The van der Waals surface area contributed by atoms with Crippen LogP contribution in [0.1, 0.15) is 10.4 Å². The lowest BCUT2D eigenvalue weighted by Gasteiger charge is -2.11. The van der Waals surface area contributed by atoms with Crippen molar-refractivity contribution in [2.45, 2.75) is 0 Å². The molecule has 0 saturated heterocycles. The number of carbonyl (C=O) groups is 1. The van der Waals surface area contributed by atoms with Crippen molar-refractivity contribution in [3.05, 3.63) is 15.9 Å². The molecule has 1 N–H and O–H groups in total. The predicted molar refractivity (Wildman–Crippen MR) is 53.3 cm³/mol. The normalized spacial score (nSPS) is 10.0. The molecule has 0 atom stereocenters. The third-order valence-corrected chi connectivity index (χ3v) is 1.97. The maximum Gasteiger partial charge on any atom is 0.342 e. The second-order valence-electron chi connectivity index (χ2n) is 2.68. The largest absolute Gasteiger partial charge is 0.477 e. The van der Waals surface area contributed by atoms with Crippen LogP contribution < -0.4 is 4.90 Å². The van der Waals surface area contributed by atoms with Crippen LogP contribution in [0.5, 0.6) is 0 Å². The molecule has 1 heterocycles. The van der Waals surface area contributed by atoms with Gasteiger partial charge in [-0.15, -0.1) is 0 Å². The van der Waals surface area contributed by atoms with Gasteiger partial charge in [-0.1, -0.05) is 23.2 Å². The zero-order chi connectivity index (χ0) is 10.9. The number of nitrogens with zero attached hydrogens (tertiary/aromatic N) is 3. The van der Waals surface area contributed by atoms with Crippen LogP contribution in [0.3, 0.4) is 0 Å². The first-order valence-electron chi connectivity index (χ1n) is 3.57. The zero-order valence-electron chi connectivity index (χ0n) is 7.45. The molecule has 5 nitrogen and oxygen atoms in total. The third-order valence-electron chi connectivity index (χ3n) is 1.42. The Balaban J connectivity index is 3.32. The maximum atomic E-state index is 10.7. The number of hydrogen-bond donors (Lipinski definition) is 1. The summed E-state index contributed by atoms with van der Waals surface area (Å²) in [5.41, 5.74) is -0.279. The van der Waals surface area contributed by atoms with E-state index in [0.717, 1.165) is 0 Å². The molecule has 0 spiro atoms. The number of rotatable bonds is 2. The minimum Gasteiger partial charge on any atom is -0.477 e. The predicted octanol–water partition coefficient (Wildman–Crippen LogP) is 1.55. The first-order valence-corrected chi connectivity index (χ1v) is 4.32. The van der Waals surface area contributed by atoms with E-state index in [1.807, 2.05) is 0 Å². The van der Waals surface area contributed by atoms with E-state index in [-0.39, 0.29) is 21.8 Å². The van der Waals surface area contributed by atoms with Crippen LogP contribution in [0, 0.1) is 0 Å². The highest BCUT2D eigenvalue weighted by molar-refractivity contribution is 6.37. The molecule has 0 fully saturated rings. The molecule has 0 unspecified atom stereocenters. The van der Waals surface area contributed by atoms with Crippen molar-refractivity contribution < 1.29 is 9.90 Å². The Hall–Kier alpha value is -1.07. The van der Waals surface area contributed by atoms with Gasteiger partial charge in [0.2, 0.25) is 5.95 Å². The number of carboxylic acids is 1. The van der Waals surface area contributed by atoms with Crippen LogP contribution >= 0.6 is 23.2 Å². The SMILES string of the molecule is CN(C)c1nc(Cl)c(C(=O)O)c(Cl)n1. The number of hydrogen-bond acceptors (Lipinski definition) is 4. The molecule has 0 bridgehead atoms. The summed E-state index contributed by atoms with van der Waals surface area (Å²) in [6.45, 7) is 0. The van der Waals surface area contributed by atoms with E-state index in [4.69, 9.17) is 28.3 Å². The Morgan fingerprint density at radius 1 is 1.29 bits per heavy atom. The molecule has 76 valence electrons. The first kappa shape index (κ1) is 11.0. The molecule has 14 heavy (non-hydrogen) atoms. The molecule has 0 aliphatic carbocycles. The van der Waals surface area contributed by atoms with Gasteiger partial charge in [-0.2, -0.15) is 9.97 Å². The fourth-order valence-corrected chi connectivity index (χ4v) is 1.31. The van der Waals surface area contributed by atoms with Crippen molar-refractivity contribution in [3.8, 4) is 0 Å². The summed E-state index contributed by atoms with van der Waals surface area (Å²) in [7, 11) is 3.39. The number of aromatic nitrogens is 2. The van der Waals surface area contributed by atoms with E-state index in [0.29, 0.717) is 0 Å². The van der Waals surface area contributed by atoms with Gasteiger partial charge < -0.3 is 10.0 Å². The average Bonchev–Trinajstić information content (AvgIpc) is 2.01. The molecule has 0 aromatic carbocycles. The van der Waals surface area contributed by atoms with E-state index in [1.165, 1.54) is 0 Å². The van der Waals surface area contributed by atoms with Gasteiger partial charge in [0.15, 0.2) is 10.3 Å². The third kappa shape index (κ3) is 2.05. The number of aromatic carboxylic acids is 1. The highest BCUT2D eigenvalue weighted by atomic mass is 35.5. The summed E-state index contributed by atoms with van der Waals surface area (Å²) in [5, 5.41) is 8.38. The minimum atomic E-state index is -1.25. The van der Waals surface area contributed by atoms with Crippen molar-refractivity contribution in [1.82, 2.24) is 9.97 Å². The fraction of sp³-hybridized carbons (Fsp3) is 0.286. The van der Waals surface area contributed by atoms with Crippen molar-refractivity contribution in [1.29, 1.82) is 0 Å². The van der Waals surface area contributed by atoms with E-state index >= 15 is 0 Å². The minimum absolute atomic E-state index is 0.166. The van der Waals surface area contributed by atoms with E-state index in [2.05, 4.69) is 9.97 Å². The van der Waals surface area contributed by atoms with Gasteiger partial charge in [0.1, 0.15) is 5.56 Å². The summed E-state index contributed by atoms with van der Waals surface area (Å²) in [6.07, 6.45) is 0. The van der Waals surface area contributed by atoms with Gasteiger partial charge in [-0.3, -0.25) is 0 Å². The van der Waals surface area contributed by atoms with Crippen LogP contribution in [0.2, 0.25) is 10.3 Å². The van der Waals surface area contributed by atoms with Crippen molar-refractivity contribution >= 4 is 35.1 Å². The van der Waals surface area contributed by atoms with Crippen molar-refractivity contribution in [2.75, 3.05) is 19.0 Å². The average molecular weight is 236 g/mol. The molecule has 1 aromatic rings. The Bertz CT molecular complexity index is 358. The second-order valence-corrected chi connectivity index (χ2v) is 3.40. The summed E-state index contributed by atoms with van der Waals surface area (Å²) in [4.78, 5) is 19.8. The molecular formula is C7H7Cl2N3O2. The summed E-state index contributed by atoms with van der Waals surface area (Å²) < 4.78 is 0. The van der Waals surface area contributed by atoms with Crippen molar-refractivity contribution in [3.63, 3.8) is 0 Å². The van der Waals surface area contributed by atoms with E-state index < -0.39 is 5.97 Å². The monoisotopic (exact) mass is 235 g/mol. The number of halogens is 2. The highest BCUT2D eigenvalue weighted by Gasteiger charge is 2.18. The second kappa shape index (κ2) is 3.98. The molecule has 0 aliphatic rings. The van der Waals surface area contributed by atoms with Gasteiger partial charge in [0.25, 0.3) is 0 Å². The van der Waals surface area contributed by atoms with E-state index in [1.54, 1.807) is 19.0 Å². The quantitative estimate of drug-likeness (QED) is 0.789. The lowest BCUT2D eigenvalue weighted by atomic mass is 10.3. The summed E-state index contributed by atoms with van der Waals surface area (Å²) in [5.74, 6) is -0.977. The van der Waals surface area contributed by atoms with Gasteiger partial charge in [-0.05, 0) is 0 Å². The van der Waals surface area contributed by atoms with Gasteiger partial charge in [-0.25, -0.2) is 4.79 Å². The van der Waals surface area contributed by atoms with Gasteiger partial charge in [0, 0.05) is 14.1 Å². The topological polar surface area (TPSA) is 66.3 Å². The zero-order valence-corrected chi connectivity index (χ0v) is 8.96. The molecule has 0 saturated carbocycles. The Labute approximate surface area is 90.3 Å².